The lowest BCUT2D eigenvalue weighted by Crippen LogP contribution is -2.03. The predicted molar refractivity (Wildman–Crippen MR) is 287 cm³/mol. The van der Waals surface area contributed by atoms with Gasteiger partial charge in [-0.3, -0.25) is 4.57 Å². The van der Waals surface area contributed by atoms with Gasteiger partial charge in [0.25, 0.3) is 0 Å². The summed E-state index contributed by atoms with van der Waals surface area (Å²) in [5, 5.41) is 7.59. The van der Waals surface area contributed by atoms with Crippen LogP contribution in [-0.4, -0.2) is 18.7 Å². The maximum Gasteiger partial charge on any atom is 0.145 e. The van der Waals surface area contributed by atoms with Gasteiger partial charge in [0.2, 0.25) is 0 Å². The lowest BCUT2D eigenvalue weighted by atomic mass is 9.90. The summed E-state index contributed by atoms with van der Waals surface area (Å²) >= 11 is 0. The Morgan fingerprint density at radius 1 is 0.388 bits per heavy atom. The van der Waals surface area contributed by atoms with Gasteiger partial charge in [-0.2, -0.15) is 0 Å². The summed E-state index contributed by atoms with van der Waals surface area (Å²) in [6, 6.07) is 61.5. The van der Waals surface area contributed by atoms with Crippen LogP contribution in [0.5, 0.6) is 0 Å². The zero-order chi connectivity index (χ0) is 45.4. The quantitative estimate of drug-likeness (QED) is 0.0950. The number of pyridine rings is 1. The molecule has 0 aliphatic rings. The average molecular weight is 875 g/mol. The molecule has 0 radical (unpaired) electrons. The highest BCUT2D eigenvalue weighted by molar-refractivity contribution is 6.13. The van der Waals surface area contributed by atoms with Crippen molar-refractivity contribution in [3.63, 3.8) is 0 Å². The van der Waals surface area contributed by atoms with Crippen molar-refractivity contribution in [3.8, 4) is 28.2 Å². The van der Waals surface area contributed by atoms with Crippen LogP contribution >= 0.6 is 0 Å². The summed E-state index contributed by atoms with van der Waals surface area (Å²) in [6.45, 7) is 9.37. The van der Waals surface area contributed by atoms with Gasteiger partial charge in [-0.1, -0.05) is 152 Å². The van der Waals surface area contributed by atoms with E-state index in [2.05, 4.69) is 199 Å². The number of rotatable bonds is 16. The summed E-state index contributed by atoms with van der Waals surface area (Å²) in [5.41, 5.74) is 15.8. The van der Waals surface area contributed by atoms with Crippen LogP contribution in [0, 0.1) is 11.8 Å². The fourth-order valence-corrected chi connectivity index (χ4v) is 11.3. The van der Waals surface area contributed by atoms with Crippen molar-refractivity contribution in [1.82, 2.24) is 18.7 Å². The first-order valence-corrected chi connectivity index (χ1v) is 25.2. The Morgan fingerprint density at radius 2 is 0.910 bits per heavy atom. The number of benzene rings is 7. The standard InChI is InChI=1S/C63H62N4/c1-5-9-18-43(7-3)36-45-27-31-59-54(38-45)55-39-46(37-44(8-4)19-10-6-2)28-32-60(55)66(59)51-30-34-61-57(42-51)52-24-14-15-26-58(52)65(61)49-22-16-23-50(41-49)67-62-33-29-48(47-20-12-11-13-21-47)40-56(62)53-25-17-35-64-63(53)67/h11-17,20-35,38-44H,5-10,18-19,36-37H2,1-4H3. The SMILES string of the molecule is CCCCC(CC)Cc1ccc2c(c1)c1cc(CC(CC)CCCC)ccc1n2-c1ccc2c(c1)c1ccccc1n2-c1cccc(-n2c3ccc(-c4ccccc4)cc3c3cccnc32)c1. The summed E-state index contributed by atoms with van der Waals surface area (Å²) in [6.07, 6.45) is 14.4. The molecular formula is C63H62N4. The van der Waals surface area contributed by atoms with E-state index >= 15 is 0 Å². The summed E-state index contributed by atoms with van der Waals surface area (Å²) in [4.78, 5) is 4.98. The van der Waals surface area contributed by atoms with E-state index in [-0.39, 0.29) is 0 Å². The number of aromatic nitrogens is 4. The summed E-state index contributed by atoms with van der Waals surface area (Å²) in [5.74, 6) is 1.44. The third-order valence-electron chi connectivity index (χ3n) is 14.9. The van der Waals surface area contributed by atoms with Gasteiger partial charge in [-0.05, 0) is 138 Å². The van der Waals surface area contributed by atoms with Gasteiger partial charge in [0.05, 0.1) is 27.6 Å². The zero-order valence-electron chi connectivity index (χ0n) is 39.7. The van der Waals surface area contributed by atoms with E-state index < -0.39 is 0 Å². The van der Waals surface area contributed by atoms with E-state index in [1.54, 1.807) is 0 Å². The van der Waals surface area contributed by atoms with Gasteiger partial charge < -0.3 is 9.13 Å². The van der Waals surface area contributed by atoms with E-state index in [0.717, 1.165) is 52.6 Å². The van der Waals surface area contributed by atoms with Gasteiger partial charge in [0.1, 0.15) is 5.65 Å². The van der Waals surface area contributed by atoms with Gasteiger partial charge in [-0.25, -0.2) is 4.98 Å². The normalized spacial score (nSPS) is 13.0. The molecule has 0 aliphatic carbocycles. The first-order valence-electron chi connectivity index (χ1n) is 25.2. The molecular weight excluding hydrogens is 813 g/mol. The Morgan fingerprint density at radius 3 is 1.57 bits per heavy atom. The van der Waals surface area contributed by atoms with Gasteiger partial charge in [0.15, 0.2) is 0 Å². The second kappa shape index (κ2) is 18.4. The highest BCUT2D eigenvalue weighted by atomic mass is 15.1. The Kier molecular flexibility index (Phi) is 11.7. The Hall–Kier alpha value is -6.91. The van der Waals surface area contributed by atoms with Crippen molar-refractivity contribution in [1.29, 1.82) is 0 Å². The molecule has 4 nitrogen and oxygen atoms in total. The minimum Gasteiger partial charge on any atom is -0.309 e. The van der Waals surface area contributed by atoms with Gasteiger partial charge >= 0.3 is 0 Å². The molecule has 11 aromatic rings. The van der Waals surface area contributed by atoms with Crippen molar-refractivity contribution in [2.75, 3.05) is 0 Å². The monoisotopic (exact) mass is 874 g/mol. The number of hydrogen-bond donors (Lipinski definition) is 0. The maximum absolute atomic E-state index is 4.98. The molecule has 0 fully saturated rings. The molecule has 0 bridgehead atoms. The fourth-order valence-electron chi connectivity index (χ4n) is 11.3. The van der Waals surface area contributed by atoms with Crippen LogP contribution in [0.15, 0.2) is 170 Å². The highest BCUT2D eigenvalue weighted by Gasteiger charge is 2.20. The second-order valence-electron chi connectivity index (χ2n) is 19.2. The van der Waals surface area contributed by atoms with Crippen molar-refractivity contribution in [3.05, 3.63) is 181 Å². The molecule has 334 valence electrons. The minimum atomic E-state index is 0.720. The number of fused-ring (bicyclic) bond motifs is 9. The van der Waals surface area contributed by atoms with Crippen molar-refractivity contribution in [2.24, 2.45) is 11.8 Å². The molecule has 2 atom stereocenters. The first kappa shape index (κ1) is 42.7. The second-order valence-corrected chi connectivity index (χ2v) is 19.2. The molecule has 67 heavy (non-hydrogen) atoms. The lowest BCUT2D eigenvalue weighted by Gasteiger charge is -2.15. The van der Waals surface area contributed by atoms with E-state index in [1.165, 1.54) is 128 Å². The van der Waals surface area contributed by atoms with Crippen molar-refractivity contribution >= 4 is 65.5 Å². The van der Waals surface area contributed by atoms with E-state index in [1.807, 2.05) is 12.3 Å². The molecule has 0 N–H and O–H groups in total. The minimum absolute atomic E-state index is 0.720. The lowest BCUT2D eigenvalue weighted by molar-refractivity contribution is 0.449. The van der Waals surface area contributed by atoms with Crippen LogP contribution in [0.25, 0.3) is 93.7 Å². The molecule has 4 heterocycles. The summed E-state index contributed by atoms with van der Waals surface area (Å²) < 4.78 is 7.31. The largest absolute Gasteiger partial charge is 0.309 e. The third kappa shape index (κ3) is 7.80. The van der Waals surface area contributed by atoms with Crippen molar-refractivity contribution < 1.29 is 0 Å². The Labute approximate surface area is 395 Å². The molecule has 11 rings (SSSR count). The van der Waals surface area contributed by atoms with E-state index in [0.29, 0.717) is 0 Å². The maximum atomic E-state index is 4.98. The number of nitrogens with zero attached hydrogens (tertiary/aromatic N) is 4. The first-order chi connectivity index (χ1) is 33.0. The summed E-state index contributed by atoms with van der Waals surface area (Å²) in [7, 11) is 0. The van der Waals surface area contributed by atoms with Crippen LogP contribution in [0.3, 0.4) is 0 Å². The van der Waals surface area contributed by atoms with Crippen LogP contribution in [-0.2, 0) is 12.8 Å². The van der Waals surface area contributed by atoms with E-state index in [4.69, 9.17) is 4.98 Å². The predicted octanol–water partition coefficient (Wildman–Crippen LogP) is 17.6. The topological polar surface area (TPSA) is 27.7 Å². The van der Waals surface area contributed by atoms with Gasteiger partial charge in [-0.15, -0.1) is 0 Å². The van der Waals surface area contributed by atoms with Crippen LogP contribution in [0.2, 0.25) is 0 Å². The van der Waals surface area contributed by atoms with Crippen LogP contribution in [0.1, 0.15) is 90.2 Å². The molecule has 2 unspecified atom stereocenters. The number of unbranched alkanes of at least 4 members (excludes halogenated alkanes) is 2. The fraction of sp³-hybridized carbons (Fsp3) is 0.254. The van der Waals surface area contributed by atoms with Gasteiger partial charge in [0, 0.05) is 55.6 Å². The highest BCUT2D eigenvalue weighted by Crippen LogP contribution is 2.40. The molecule has 4 aromatic heterocycles. The average Bonchev–Trinajstić information content (AvgIpc) is 4.01. The Bertz CT molecular complexity index is 3470. The van der Waals surface area contributed by atoms with E-state index in [9.17, 15) is 0 Å². The molecule has 0 amide bonds. The third-order valence-corrected chi connectivity index (χ3v) is 14.9. The molecule has 0 saturated carbocycles. The molecule has 0 saturated heterocycles. The Balaban J connectivity index is 1.04. The smallest absolute Gasteiger partial charge is 0.145 e. The molecule has 0 spiro atoms. The zero-order valence-corrected chi connectivity index (χ0v) is 39.7. The number of hydrogen-bond acceptors (Lipinski definition) is 1. The van der Waals surface area contributed by atoms with Crippen LogP contribution in [0.4, 0.5) is 0 Å². The van der Waals surface area contributed by atoms with Crippen molar-refractivity contribution in [2.45, 2.75) is 91.9 Å². The molecule has 7 aromatic carbocycles. The molecule has 4 heteroatoms. The number of para-hydroxylation sites is 1. The van der Waals surface area contributed by atoms with Crippen LogP contribution < -0.4 is 0 Å². The molecule has 0 aliphatic heterocycles.